The number of nitrogens with one attached hydrogen (secondary N) is 2. The molecule has 0 saturated carbocycles. The standard InChI is InChI=1S/C15H23N5S/c1-4-7-12-19-13(16-6-3)8-14(20-12)17-10-15-18-9-11(5-2)21-15/h8-9H,4-7,10H2,1-3H3,(H2,16,17,19,20). The maximum Gasteiger partial charge on any atom is 0.133 e. The van der Waals surface area contributed by atoms with Crippen LogP contribution in [0.1, 0.15) is 42.9 Å². The Bertz CT molecular complexity index is 543. The summed E-state index contributed by atoms with van der Waals surface area (Å²) in [6.45, 7) is 7.91. The molecule has 2 aromatic rings. The molecule has 0 atom stereocenters. The Morgan fingerprint density at radius 2 is 1.86 bits per heavy atom. The second-order valence-electron chi connectivity index (χ2n) is 4.76. The lowest BCUT2D eigenvalue weighted by molar-refractivity contribution is 0.833. The van der Waals surface area contributed by atoms with Crippen LogP contribution >= 0.6 is 11.3 Å². The summed E-state index contributed by atoms with van der Waals surface area (Å²) >= 11 is 1.75. The van der Waals surface area contributed by atoms with Crippen LogP contribution in [0.2, 0.25) is 0 Å². The summed E-state index contributed by atoms with van der Waals surface area (Å²) in [7, 11) is 0. The van der Waals surface area contributed by atoms with Crippen molar-refractivity contribution in [2.75, 3.05) is 17.2 Å². The Morgan fingerprint density at radius 1 is 1.10 bits per heavy atom. The van der Waals surface area contributed by atoms with E-state index in [2.05, 4.69) is 46.4 Å². The van der Waals surface area contributed by atoms with E-state index in [0.29, 0.717) is 6.54 Å². The van der Waals surface area contributed by atoms with Crippen molar-refractivity contribution in [3.63, 3.8) is 0 Å². The van der Waals surface area contributed by atoms with Crippen LogP contribution < -0.4 is 10.6 Å². The van der Waals surface area contributed by atoms with E-state index in [-0.39, 0.29) is 0 Å². The van der Waals surface area contributed by atoms with E-state index < -0.39 is 0 Å². The average molecular weight is 305 g/mol. The molecule has 0 radical (unpaired) electrons. The molecular formula is C15H23N5S. The number of aromatic nitrogens is 3. The number of thiazole rings is 1. The highest BCUT2D eigenvalue weighted by molar-refractivity contribution is 7.11. The molecule has 114 valence electrons. The minimum Gasteiger partial charge on any atom is -0.370 e. The lowest BCUT2D eigenvalue weighted by Crippen LogP contribution is -2.08. The van der Waals surface area contributed by atoms with E-state index >= 15 is 0 Å². The first kappa shape index (κ1) is 15.7. The third-order valence-electron chi connectivity index (χ3n) is 2.97. The van der Waals surface area contributed by atoms with Gasteiger partial charge in [-0.15, -0.1) is 11.3 Å². The highest BCUT2D eigenvalue weighted by atomic mass is 32.1. The molecule has 0 fully saturated rings. The van der Waals surface area contributed by atoms with Gasteiger partial charge in [-0.3, -0.25) is 0 Å². The van der Waals surface area contributed by atoms with E-state index in [9.17, 15) is 0 Å². The number of aryl methyl sites for hydroxylation is 2. The zero-order valence-corrected chi connectivity index (χ0v) is 13.8. The van der Waals surface area contributed by atoms with Gasteiger partial charge in [-0.25, -0.2) is 15.0 Å². The number of nitrogens with zero attached hydrogens (tertiary/aromatic N) is 3. The molecule has 21 heavy (non-hydrogen) atoms. The molecule has 0 aliphatic carbocycles. The fraction of sp³-hybridized carbons (Fsp3) is 0.533. The molecule has 6 heteroatoms. The van der Waals surface area contributed by atoms with Gasteiger partial charge in [0.05, 0.1) is 6.54 Å². The fourth-order valence-corrected chi connectivity index (χ4v) is 2.76. The monoisotopic (exact) mass is 305 g/mol. The molecule has 5 nitrogen and oxygen atoms in total. The molecule has 0 amide bonds. The van der Waals surface area contributed by atoms with Gasteiger partial charge in [0.25, 0.3) is 0 Å². The van der Waals surface area contributed by atoms with Crippen LogP contribution in [0.4, 0.5) is 11.6 Å². The van der Waals surface area contributed by atoms with Crippen molar-refractivity contribution in [3.8, 4) is 0 Å². The van der Waals surface area contributed by atoms with Gasteiger partial charge in [-0.05, 0) is 19.8 Å². The highest BCUT2D eigenvalue weighted by Crippen LogP contribution is 2.17. The van der Waals surface area contributed by atoms with Gasteiger partial charge in [-0.1, -0.05) is 13.8 Å². The van der Waals surface area contributed by atoms with Gasteiger partial charge in [0.15, 0.2) is 0 Å². The molecule has 0 aliphatic rings. The van der Waals surface area contributed by atoms with E-state index in [1.165, 1.54) is 4.88 Å². The third kappa shape index (κ3) is 4.67. The third-order valence-corrected chi connectivity index (χ3v) is 4.12. The van der Waals surface area contributed by atoms with Gasteiger partial charge < -0.3 is 10.6 Å². The molecule has 2 N–H and O–H groups in total. The molecule has 0 spiro atoms. The van der Waals surface area contributed by atoms with Crippen LogP contribution in [0.25, 0.3) is 0 Å². The molecule has 2 heterocycles. The molecule has 0 saturated heterocycles. The van der Waals surface area contributed by atoms with Crippen molar-refractivity contribution < 1.29 is 0 Å². The predicted octanol–water partition coefficient (Wildman–Crippen LogP) is 3.49. The van der Waals surface area contributed by atoms with Gasteiger partial charge in [0.1, 0.15) is 22.5 Å². The van der Waals surface area contributed by atoms with Crippen LogP contribution in [0.3, 0.4) is 0 Å². The summed E-state index contributed by atoms with van der Waals surface area (Å²) < 4.78 is 0. The van der Waals surface area contributed by atoms with Crippen LogP contribution in [0.5, 0.6) is 0 Å². The van der Waals surface area contributed by atoms with E-state index in [4.69, 9.17) is 0 Å². The first-order chi connectivity index (χ1) is 10.2. The Balaban J connectivity index is 2.06. The molecular weight excluding hydrogens is 282 g/mol. The van der Waals surface area contributed by atoms with Crippen LogP contribution in [0.15, 0.2) is 12.3 Å². The number of hydrogen-bond acceptors (Lipinski definition) is 6. The Kier molecular flexibility index (Phi) is 5.92. The Hall–Kier alpha value is -1.69. The van der Waals surface area contributed by atoms with Gasteiger partial charge >= 0.3 is 0 Å². The summed E-state index contributed by atoms with van der Waals surface area (Å²) in [6, 6.07) is 1.96. The molecule has 2 rings (SSSR count). The lowest BCUT2D eigenvalue weighted by Gasteiger charge is -2.09. The van der Waals surface area contributed by atoms with Gasteiger partial charge in [0, 0.05) is 30.1 Å². The summed E-state index contributed by atoms with van der Waals surface area (Å²) in [5.74, 6) is 2.62. The molecule has 0 aliphatic heterocycles. The maximum atomic E-state index is 4.56. The zero-order valence-electron chi connectivity index (χ0n) is 12.9. The zero-order chi connectivity index (χ0) is 15.1. The van der Waals surface area contributed by atoms with Crippen LogP contribution in [-0.2, 0) is 19.4 Å². The van der Waals surface area contributed by atoms with E-state index in [0.717, 1.165) is 48.3 Å². The topological polar surface area (TPSA) is 62.7 Å². The Labute approximate surface area is 130 Å². The van der Waals surface area contributed by atoms with Crippen molar-refractivity contribution >= 4 is 23.0 Å². The molecule has 0 aromatic carbocycles. The largest absolute Gasteiger partial charge is 0.370 e. The maximum absolute atomic E-state index is 4.56. The summed E-state index contributed by atoms with van der Waals surface area (Å²) in [6.07, 6.45) is 4.93. The van der Waals surface area contributed by atoms with Crippen LogP contribution in [-0.4, -0.2) is 21.5 Å². The van der Waals surface area contributed by atoms with Crippen molar-refractivity contribution in [2.45, 2.75) is 46.6 Å². The van der Waals surface area contributed by atoms with Crippen molar-refractivity contribution in [3.05, 3.63) is 28.0 Å². The normalized spacial score (nSPS) is 10.6. The summed E-state index contributed by atoms with van der Waals surface area (Å²) in [5.41, 5.74) is 0. The first-order valence-electron chi connectivity index (χ1n) is 7.54. The van der Waals surface area contributed by atoms with Crippen molar-refractivity contribution in [1.82, 2.24) is 15.0 Å². The predicted molar refractivity (Wildman–Crippen MR) is 89.0 cm³/mol. The van der Waals surface area contributed by atoms with E-state index in [1.54, 1.807) is 11.3 Å². The molecule has 0 bridgehead atoms. The van der Waals surface area contributed by atoms with Crippen LogP contribution in [0, 0.1) is 0 Å². The quantitative estimate of drug-likeness (QED) is 0.781. The summed E-state index contributed by atoms with van der Waals surface area (Å²) in [5, 5.41) is 7.70. The second-order valence-corrected chi connectivity index (χ2v) is 5.96. The summed E-state index contributed by atoms with van der Waals surface area (Å²) in [4.78, 5) is 14.8. The van der Waals surface area contributed by atoms with Gasteiger partial charge in [0.2, 0.25) is 0 Å². The van der Waals surface area contributed by atoms with Gasteiger partial charge in [-0.2, -0.15) is 0 Å². The first-order valence-corrected chi connectivity index (χ1v) is 8.36. The molecule has 0 unspecified atom stereocenters. The van der Waals surface area contributed by atoms with Crippen molar-refractivity contribution in [2.24, 2.45) is 0 Å². The highest BCUT2D eigenvalue weighted by Gasteiger charge is 2.05. The molecule has 2 aromatic heterocycles. The second kappa shape index (κ2) is 7.93. The fourth-order valence-electron chi connectivity index (χ4n) is 1.95. The Morgan fingerprint density at radius 3 is 2.48 bits per heavy atom. The SMILES string of the molecule is CCCc1nc(NCC)cc(NCc2ncc(CC)s2)n1. The number of anilines is 2. The minimum atomic E-state index is 0.707. The number of hydrogen-bond donors (Lipinski definition) is 2. The minimum absolute atomic E-state index is 0.707. The van der Waals surface area contributed by atoms with Crippen molar-refractivity contribution in [1.29, 1.82) is 0 Å². The van der Waals surface area contributed by atoms with E-state index in [1.807, 2.05) is 12.3 Å². The smallest absolute Gasteiger partial charge is 0.133 e. The lowest BCUT2D eigenvalue weighted by atomic mass is 10.3. The average Bonchev–Trinajstić information content (AvgIpc) is 2.94. The number of rotatable bonds is 8.